The van der Waals surface area contributed by atoms with Gasteiger partial charge in [-0.3, -0.25) is 0 Å². The lowest BCUT2D eigenvalue weighted by molar-refractivity contribution is 0.347. The molecule has 20 heavy (non-hydrogen) atoms. The molecule has 0 amide bonds. The summed E-state index contributed by atoms with van der Waals surface area (Å²) in [6, 6.07) is 6.20. The standard InChI is InChI=1S/C14H14BrNO3S/c15-12-5-10-1-3-19-13(10)11(6-12)7-14(8-16)2-4-20(17,18)9-14/h5-6H,1-4,7,9H2. The molecular formula is C14H14BrNO3S. The van der Waals surface area contributed by atoms with Crippen LogP contribution in [0.3, 0.4) is 0 Å². The number of ether oxygens (including phenoxy) is 1. The highest BCUT2D eigenvalue weighted by molar-refractivity contribution is 9.10. The minimum Gasteiger partial charge on any atom is -0.493 e. The highest BCUT2D eigenvalue weighted by Gasteiger charge is 2.43. The van der Waals surface area contributed by atoms with Gasteiger partial charge in [-0.2, -0.15) is 5.26 Å². The summed E-state index contributed by atoms with van der Waals surface area (Å²) in [5.41, 5.74) is 1.26. The molecule has 0 N–H and O–H groups in total. The fourth-order valence-corrected chi connectivity index (χ4v) is 5.58. The average Bonchev–Trinajstić information content (AvgIpc) is 2.94. The van der Waals surface area contributed by atoms with E-state index in [9.17, 15) is 13.7 Å². The van der Waals surface area contributed by atoms with Crippen LogP contribution in [0.5, 0.6) is 5.75 Å². The molecule has 1 aromatic carbocycles. The van der Waals surface area contributed by atoms with Crippen molar-refractivity contribution in [2.24, 2.45) is 5.41 Å². The van der Waals surface area contributed by atoms with Crippen LogP contribution in [-0.4, -0.2) is 26.5 Å². The SMILES string of the molecule is N#CC1(Cc2cc(Br)cc3c2OCC3)CCS(=O)(=O)C1. The number of halogens is 1. The normalized spacial score (nSPS) is 26.8. The van der Waals surface area contributed by atoms with E-state index >= 15 is 0 Å². The maximum atomic E-state index is 11.7. The first-order valence-electron chi connectivity index (χ1n) is 6.49. The van der Waals surface area contributed by atoms with E-state index in [1.165, 1.54) is 0 Å². The smallest absolute Gasteiger partial charge is 0.151 e. The molecule has 1 aromatic rings. The summed E-state index contributed by atoms with van der Waals surface area (Å²) < 4.78 is 30.0. The molecule has 0 aromatic heterocycles. The molecule has 1 fully saturated rings. The summed E-state index contributed by atoms with van der Waals surface area (Å²) in [6.45, 7) is 0.649. The zero-order chi connectivity index (χ0) is 14.4. The Hall–Kier alpha value is -1.06. The van der Waals surface area contributed by atoms with Gasteiger partial charge < -0.3 is 4.74 Å². The Labute approximate surface area is 126 Å². The number of fused-ring (bicyclic) bond motifs is 1. The summed E-state index contributed by atoms with van der Waals surface area (Å²) in [5, 5.41) is 9.46. The molecule has 1 unspecified atom stereocenters. The summed E-state index contributed by atoms with van der Waals surface area (Å²) in [5.74, 6) is 0.905. The molecule has 4 nitrogen and oxygen atoms in total. The molecule has 2 aliphatic heterocycles. The number of sulfone groups is 1. The molecule has 2 heterocycles. The molecule has 6 heteroatoms. The van der Waals surface area contributed by atoms with Crippen molar-refractivity contribution in [3.8, 4) is 11.8 Å². The number of nitriles is 1. The lowest BCUT2D eigenvalue weighted by Crippen LogP contribution is -2.23. The van der Waals surface area contributed by atoms with Crippen molar-refractivity contribution in [2.45, 2.75) is 19.3 Å². The molecule has 2 aliphatic rings. The fraction of sp³-hybridized carbons (Fsp3) is 0.500. The molecule has 0 radical (unpaired) electrons. The van der Waals surface area contributed by atoms with Crippen LogP contribution in [0.2, 0.25) is 0 Å². The second-order valence-corrected chi connectivity index (χ2v) is 8.66. The van der Waals surface area contributed by atoms with Gasteiger partial charge in [-0.05, 0) is 36.1 Å². The number of nitrogens with zero attached hydrogens (tertiary/aromatic N) is 1. The molecule has 0 aliphatic carbocycles. The number of hydrogen-bond acceptors (Lipinski definition) is 4. The topological polar surface area (TPSA) is 67.2 Å². The van der Waals surface area contributed by atoms with Gasteiger partial charge in [-0.1, -0.05) is 15.9 Å². The lowest BCUT2D eigenvalue weighted by Gasteiger charge is -2.20. The van der Waals surface area contributed by atoms with Crippen molar-refractivity contribution < 1.29 is 13.2 Å². The molecule has 1 saturated heterocycles. The van der Waals surface area contributed by atoms with Crippen molar-refractivity contribution in [1.82, 2.24) is 0 Å². The Kier molecular flexibility index (Phi) is 3.30. The second kappa shape index (κ2) is 4.74. The van der Waals surface area contributed by atoms with Crippen LogP contribution in [0.25, 0.3) is 0 Å². The van der Waals surface area contributed by atoms with Crippen LogP contribution in [0, 0.1) is 16.7 Å². The molecular weight excluding hydrogens is 342 g/mol. The third kappa shape index (κ3) is 2.45. The van der Waals surface area contributed by atoms with E-state index in [0.717, 1.165) is 27.8 Å². The van der Waals surface area contributed by atoms with Crippen LogP contribution < -0.4 is 4.74 Å². The van der Waals surface area contributed by atoms with Crippen molar-refractivity contribution in [3.05, 3.63) is 27.7 Å². The van der Waals surface area contributed by atoms with Crippen molar-refractivity contribution in [3.63, 3.8) is 0 Å². The van der Waals surface area contributed by atoms with Crippen LogP contribution in [-0.2, 0) is 22.7 Å². The van der Waals surface area contributed by atoms with Gasteiger partial charge in [0.2, 0.25) is 0 Å². The predicted molar refractivity (Wildman–Crippen MR) is 78.4 cm³/mol. The van der Waals surface area contributed by atoms with E-state index in [4.69, 9.17) is 4.74 Å². The highest BCUT2D eigenvalue weighted by atomic mass is 79.9. The minimum atomic E-state index is -3.09. The third-order valence-corrected chi connectivity index (χ3v) is 6.26. The zero-order valence-corrected chi connectivity index (χ0v) is 13.3. The van der Waals surface area contributed by atoms with Crippen molar-refractivity contribution >= 4 is 25.8 Å². The van der Waals surface area contributed by atoms with Crippen molar-refractivity contribution in [2.75, 3.05) is 18.1 Å². The Morgan fingerprint density at radius 3 is 2.90 bits per heavy atom. The molecule has 0 bridgehead atoms. The number of rotatable bonds is 2. The highest BCUT2D eigenvalue weighted by Crippen LogP contribution is 2.40. The first-order valence-corrected chi connectivity index (χ1v) is 9.10. The first kappa shape index (κ1) is 13.9. The molecule has 106 valence electrons. The molecule has 1 atom stereocenters. The Bertz CT molecular complexity index is 708. The van der Waals surface area contributed by atoms with Gasteiger partial charge in [0.05, 0.1) is 29.6 Å². The Morgan fingerprint density at radius 2 is 2.25 bits per heavy atom. The van der Waals surface area contributed by atoms with Crippen LogP contribution >= 0.6 is 15.9 Å². The van der Waals surface area contributed by atoms with Gasteiger partial charge in [0.1, 0.15) is 5.75 Å². The van der Waals surface area contributed by atoms with Gasteiger partial charge in [-0.25, -0.2) is 8.42 Å². The summed E-state index contributed by atoms with van der Waals surface area (Å²) in [7, 11) is -3.09. The van der Waals surface area contributed by atoms with E-state index in [-0.39, 0.29) is 11.5 Å². The monoisotopic (exact) mass is 355 g/mol. The van der Waals surface area contributed by atoms with Gasteiger partial charge in [-0.15, -0.1) is 0 Å². The number of hydrogen-bond donors (Lipinski definition) is 0. The molecule has 3 rings (SSSR count). The maximum Gasteiger partial charge on any atom is 0.151 e. The van der Waals surface area contributed by atoms with Gasteiger partial charge >= 0.3 is 0 Å². The van der Waals surface area contributed by atoms with E-state index < -0.39 is 15.3 Å². The van der Waals surface area contributed by atoms with Crippen molar-refractivity contribution in [1.29, 1.82) is 5.26 Å². The van der Waals surface area contributed by atoms with Crippen LogP contribution in [0.1, 0.15) is 17.5 Å². The minimum absolute atomic E-state index is 0.0439. The van der Waals surface area contributed by atoms with E-state index in [2.05, 4.69) is 22.0 Å². The lowest BCUT2D eigenvalue weighted by atomic mass is 9.82. The van der Waals surface area contributed by atoms with Crippen LogP contribution in [0.4, 0.5) is 0 Å². The fourth-order valence-electron chi connectivity index (χ4n) is 3.03. The average molecular weight is 356 g/mol. The Morgan fingerprint density at radius 1 is 1.45 bits per heavy atom. The van der Waals surface area contributed by atoms with Crippen LogP contribution in [0.15, 0.2) is 16.6 Å². The maximum absolute atomic E-state index is 11.7. The molecule has 0 saturated carbocycles. The van der Waals surface area contributed by atoms with Gasteiger partial charge in [0.25, 0.3) is 0 Å². The van der Waals surface area contributed by atoms with E-state index in [0.29, 0.717) is 19.4 Å². The molecule has 0 spiro atoms. The predicted octanol–water partition coefficient (Wildman–Crippen LogP) is 2.25. The quantitative estimate of drug-likeness (QED) is 0.815. The first-order chi connectivity index (χ1) is 9.43. The number of benzene rings is 1. The van der Waals surface area contributed by atoms with E-state index in [1.807, 2.05) is 12.1 Å². The van der Waals surface area contributed by atoms with E-state index in [1.54, 1.807) is 0 Å². The zero-order valence-electron chi connectivity index (χ0n) is 10.9. The summed E-state index contributed by atoms with van der Waals surface area (Å²) >= 11 is 3.47. The largest absolute Gasteiger partial charge is 0.493 e. The van der Waals surface area contributed by atoms with Gasteiger partial charge in [0.15, 0.2) is 9.84 Å². The summed E-state index contributed by atoms with van der Waals surface area (Å²) in [6.07, 6.45) is 1.71. The third-order valence-electron chi connectivity index (χ3n) is 3.98. The van der Waals surface area contributed by atoms with Gasteiger partial charge in [0, 0.05) is 10.9 Å². The Balaban J connectivity index is 1.98. The second-order valence-electron chi connectivity index (χ2n) is 5.56. The summed E-state index contributed by atoms with van der Waals surface area (Å²) in [4.78, 5) is 0.